The van der Waals surface area contributed by atoms with E-state index in [-0.39, 0.29) is 18.8 Å². The van der Waals surface area contributed by atoms with Crippen molar-refractivity contribution in [3.8, 4) is 5.75 Å². The second-order valence-corrected chi connectivity index (χ2v) is 6.61. The van der Waals surface area contributed by atoms with Gasteiger partial charge in [-0.1, -0.05) is 36.4 Å². The third-order valence-corrected chi connectivity index (χ3v) is 4.27. The van der Waals surface area contributed by atoms with E-state index < -0.39 is 5.97 Å². The molecular weight excluding hydrogens is 350 g/mol. The third-order valence-electron chi connectivity index (χ3n) is 4.27. The Labute approximate surface area is 160 Å². The highest BCUT2D eigenvalue weighted by molar-refractivity contribution is 5.85. The van der Waals surface area contributed by atoms with E-state index >= 15 is 0 Å². The van der Waals surface area contributed by atoms with Gasteiger partial charge in [-0.2, -0.15) is 0 Å². The predicted molar refractivity (Wildman–Crippen MR) is 106 cm³/mol. The lowest BCUT2D eigenvalue weighted by molar-refractivity contribution is -0.136. The van der Waals surface area contributed by atoms with Gasteiger partial charge in [-0.05, 0) is 49.3 Å². The van der Waals surface area contributed by atoms with Crippen LogP contribution in [0.25, 0.3) is 5.76 Å². The van der Waals surface area contributed by atoms with Crippen LogP contribution in [0.4, 0.5) is 0 Å². The van der Waals surface area contributed by atoms with Gasteiger partial charge in [-0.25, -0.2) is 0 Å². The maximum Gasteiger partial charge on any atom is 0.307 e. The Hall–Kier alpha value is -2.30. The summed E-state index contributed by atoms with van der Waals surface area (Å²) in [5.41, 5.74) is 4.14. The summed E-state index contributed by atoms with van der Waals surface area (Å²) in [4.78, 5) is 13.1. The van der Waals surface area contributed by atoms with Crippen molar-refractivity contribution >= 4 is 24.1 Å². The lowest BCUT2D eigenvalue weighted by Crippen LogP contribution is -2.12. The summed E-state index contributed by atoms with van der Waals surface area (Å²) in [6.07, 6.45) is 3.81. The molecule has 0 spiro atoms. The number of carboxylic acid groups (broad SMARTS) is 1. The van der Waals surface area contributed by atoms with Crippen LogP contribution >= 0.6 is 12.4 Å². The Kier molecular flexibility index (Phi) is 6.83. The number of nitrogens with zero attached hydrogens (tertiary/aromatic N) is 1. The molecule has 0 unspecified atom stereocenters. The minimum atomic E-state index is -0.820. The highest BCUT2D eigenvalue weighted by atomic mass is 35.5. The van der Waals surface area contributed by atoms with Gasteiger partial charge in [-0.3, -0.25) is 4.79 Å². The lowest BCUT2D eigenvalue weighted by Gasteiger charge is -2.12. The minimum absolute atomic E-state index is 0. The van der Waals surface area contributed by atoms with Gasteiger partial charge in [-0.15, -0.1) is 12.4 Å². The molecular formula is C21H24ClNO3. The maximum atomic E-state index is 11.0. The SMILES string of the molecule is CN(C)CC/C=C1\Oc2ccc(CC(=O)O)cc2Cc2ccccc21.Cl. The fraction of sp³-hybridized carbons (Fsp3) is 0.286. The van der Waals surface area contributed by atoms with Crippen molar-refractivity contribution in [1.82, 2.24) is 4.90 Å². The first-order valence-electron chi connectivity index (χ1n) is 8.47. The Morgan fingerprint density at radius 3 is 2.69 bits per heavy atom. The van der Waals surface area contributed by atoms with Crippen LogP contribution in [0.3, 0.4) is 0 Å². The molecule has 0 amide bonds. The number of aliphatic carboxylic acids is 1. The van der Waals surface area contributed by atoms with Gasteiger partial charge in [0.25, 0.3) is 0 Å². The molecule has 138 valence electrons. The normalized spacial score (nSPS) is 14.0. The number of hydrogen-bond acceptors (Lipinski definition) is 3. The van der Waals surface area contributed by atoms with Crippen LogP contribution in [0, 0.1) is 0 Å². The standard InChI is InChI=1S/C21H23NO3.ClH/c1-22(2)11-5-8-20-18-7-4-3-6-16(18)14-17-12-15(13-21(23)24)9-10-19(17)25-20;/h3-4,6-10,12H,5,11,13-14H2,1-2H3,(H,23,24);1H/b20-8-;. The zero-order valence-electron chi connectivity index (χ0n) is 15.1. The number of carbonyl (C=O) groups is 1. The van der Waals surface area contributed by atoms with E-state index in [2.05, 4.69) is 37.2 Å². The highest BCUT2D eigenvalue weighted by Crippen LogP contribution is 2.34. The molecule has 0 aliphatic carbocycles. The molecule has 0 saturated carbocycles. The van der Waals surface area contributed by atoms with Crippen molar-refractivity contribution in [2.24, 2.45) is 0 Å². The summed E-state index contributed by atoms with van der Waals surface area (Å²) >= 11 is 0. The number of benzene rings is 2. The summed E-state index contributed by atoms with van der Waals surface area (Å²) in [6.45, 7) is 0.958. The minimum Gasteiger partial charge on any atom is -0.481 e. The Morgan fingerprint density at radius 2 is 1.96 bits per heavy atom. The molecule has 2 aromatic rings. The number of rotatable bonds is 5. The molecule has 1 N–H and O–H groups in total. The molecule has 0 radical (unpaired) electrons. The molecule has 0 aromatic heterocycles. The average Bonchev–Trinajstić information content (AvgIpc) is 2.70. The molecule has 0 bridgehead atoms. The second-order valence-electron chi connectivity index (χ2n) is 6.61. The first-order valence-corrected chi connectivity index (χ1v) is 8.47. The average molecular weight is 374 g/mol. The second kappa shape index (κ2) is 8.88. The number of fused-ring (bicyclic) bond motifs is 2. The van der Waals surface area contributed by atoms with Gasteiger partial charge in [0.15, 0.2) is 0 Å². The van der Waals surface area contributed by atoms with Crippen LogP contribution in [0.2, 0.25) is 0 Å². The quantitative estimate of drug-likeness (QED) is 0.860. The fourth-order valence-electron chi connectivity index (χ4n) is 3.05. The molecule has 4 nitrogen and oxygen atoms in total. The molecule has 0 atom stereocenters. The summed E-state index contributed by atoms with van der Waals surface area (Å²) in [7, 11) is 4.11. The van der Waals surface area contributed by atoms with Gasteiger partial charge >= 0.3 is 5.97 Å². The number of ether oxygens (including phenoxy) is 1. The molecule has 26 heavy (non-hydrogen) atoms. The molecule has 0 fully saturated rings. The summed E-state index contributed by atoms with van der Waals surface area (Å²) in [5, 5.41) is 9.02. The van der Waals surface area contributed by atoms with Gasteiger partial charge in [0.2, 0.25) is 0 Å². The smallest absolute Gasteiger partial charge is 0.307 e. The fourth-order valence-corrected chi connectivity index (χ4v) is 3.05. The van der Waals surface area contributed by atoms with E-state index in [1.807, 2.05) is 30.3 Å². The van der Waals surface area contributed by atoms with Gasteiger partial charge < -0.3 is 14.7 Å². The molecule has 1 heterocycles. The van der Waals surface area contributed by atoms with Crippen LogP contribution in [0.1, 0.15) is 28.7 Å². The monoisotopic (exact) mass is 373 g/mol. The van der Waals surface area contributed by atoms with Crippen molar-refractivity contribution in [2.75, 3.05) is 20.6 Å². The molecule has 2 aromatic carbocycles. The first kappa shape index (κ1) is 20.0. The van der Waals surface area contributed by atoms with Crippen LogP contribution in [0.15, 0.2) is 48.5 Å². The molecule has 3 rings (SSSR count). The lowest BCUT2D eigenvalue weighted by atomic mass is 9.97. The molecule has 1 aliphatic rings. The van der Waals surface area contributed by atoms with E-state index in [0.717, 1.165) is 47.6 Å². The van der Waals surface area contributed by atoms with E-state index in [1.165, 1.54) is 5.56 Å². The van der Waals surface area contributed by atoms with E-state index in [4.69, 9.17) is 9.84 Å². The number of halogens is 1. The molecule has 5 heteroatoms. The molecule has 1 aliphatic heterocycles. The van der Waals surface area contributed by atoms with E-state index in [1.54, 1.807) is 0 Å². The van der Waals surface area contributed by atoms with Crippen LogP contribution in [0.5, 0.6) is 5.75 Å². The Balaban J connectivity index is 0.00000243. The zero-order chi connectivity index (χ0) is 17.8. The topological polar surface area (TPSA) is 49.8 Å². The van der Waals surface area contributed by atoms with Crippen LogP contribution < -0.4 is 4.74 Å². The number of carboxylic acids is 1. The van der Waals surface area contributed by atoms with Gasteiger partial charge in [0.05, 0.1) is 6.42 Å². The van der Waals surface area contributed by atoms with Crippen molar-refractivity contribution < 1.29 is 14.6 Å². The molecule has 0 saturated heterocycles. The van der Waals surface area contributed by atoms with Crippen molar-refractivity contribution in [1.29, 1.82) is 0 Å². The van der Waals surface area contributed by atoms with E-state index in [9.17, 15) is 4.79 Å². The first-order chi connectivity index (χ1) is 12.0. The van der Waals surface area contributed by atoms with Crippen molar-refractivity contribution in [3.05, 3.63) is 70.8 Å². The van der Waals surface area contributed by atoms with Gasteiger partial charge in [0, 0.05) is 18.5 Å². The largest absolute Gasteiger partial charge is 0.481 e. The maximum absolute atomic E-state index is 11.0. The Morgan fingerprint density at radius 1 is 1.19 bits per heavy atom. The predicted octanol–water partition coefficient (Wildman–Crippen LogP) is 4.01. The van der Waals surface area contributed by atoms with Gasteiger partial charge in [0.1, 0.15) is 11.5 Å². The third kappa shape index (κ3) is 4.87. The summed E-state index contributed by atoms with van der Waals surface area (Å²) in [6, 6.07) is 13.9. The number of hydrogen-bond donors (Lipinski definition) is 1. The van der Waals surface area contributed by atoms with Crippen LogP contribution in [-0.2, 0) is 17.6 Å². The van der Waals surface area contributed by atoms with Crippen LogP contribution in [-0.4, -0.2) is 36.6 Å². The zero-order valence-corrected chi connectivity index (χ0v) is 15.9. The highest BCUT2D eigenvalue weighted by Gasteiger charge is 2.18. The van der Waals surface area contributed by atoms with Crippen molar-refractivity contribution in [2.45, 2.75) is 19.3 Å². The summed E-state index contributed by atoms with van der Waals surface area (Å²) < 4.78 is 6.22. The van der Waals surface area contributed by atoms with E-state index in [0.29, 0.717) is 0 Å². The van der Waals surface area contributed by atoms with Crippen molar-refractivity contribution in [3.63, 3.8) is 0 Å². The summed E-state index contributed by atoms with van der Waals surface area (Å²) in [5.74, 6) is 0.864. The Bertz CT molecular complexity index is 815.